The number of hydrogen-bond acceptors (Lipinski definition) is 2. The summed E-state index contributed by atoms with van der Waals surface area (Å²) >= 11 is 0. The van der Waals surface area contributed by atoms with Crippen LogP contribution in [0.25, 0.3) is 0 Å². The summed E-state index contributed by atoms with van der Waals surface area (Å²) in [4.78, 5) is 4.45. The number of aromatic nitrogens is 1. The molecule has 0 spiro atoms. The first kappa shape index (κ1) is 11.8. The number of aryl methyl sites for hydroxylation is 1. The number of hydrogen-bond donors (Lipinski definition) is 1. The fraction of sp³-hybridized carbons (Fsp3) is 0.267. The van der Waals surface area contributed by atoms with Crippen molar-refractivity contribution in [1.82, 2.24) is 10.3 Å². The van der Waals surface area contributed by atoms with Gasteiger partial charge in [-0.3, -0.25) is 4.98 Å². The molecule has 0 saturated heterocycles. The van der Waals surface area contributed by atoms with Crippen molar-refractivity contribution in [2.24, 2.45) is 0 Å². The topological polar surface area (TPSA) is 24.9 Å². The monoisotopic (exact) mass is 226 g/mol. The summed E-state index contributed by atoms with van der Waals surface area (Å²) in [6, 6.07) is 15.0. The lowest BCUT2D eigenvalue weighted by molar-refractivity contribution is 0.584. The number of likely N-dealkylation sites (N-methyl/N-ethyl adjacent to an activating group) is 1. The quantitative estimate of drug-likeness (QED) is 0.867. The molecule has 2 heteroatoms. The van der Waals surface area contributed by atoms with Gasteiger partial charge in [0.2, 0.25) is 0 Å². The first-order valence-corrected chi connectivity index (χ1v) is 5.93. The zero-order valence-electron chi connectivity index (χ0n) is 10.4. The van der Waals surface area contributed by atoms with Crippen LogP contribution in [0.4, 0.5) is 0 Å². The molecule has 88 valence electrons. The standard InChI is InChI=1S/C15H18N2/c1-12-8-9-14(17-11-12)10-15(16-2)13-6-4-3-5-7-13/h3-9,11,15-16H,10H2,1-2H3. The summed E-state index contributed by atoms with van der Waals surface area (Å²) in [6.07, 6.45) is 2.84. The van der Waals surface area contributed by atoms with E-state index in [9.17, 15) is 0 Å². The van der Waals surface area contributed by atoms with Gasteiger partial charge in [0.05, 0.1) is 0 Å². The second kappa shape index (κ2) is 5.60. The first-order chi connectivity index (χ1) is 8.29. The molecular formula is C15H18N2. The molecule has 2 rings (SSSR count). The fourth-order valence-corrected chi connectivity index (χ4v) is 1.90. The van der Waals surface area contributed by atoms with E-state index in [1.165, 1.54) is 11.1 Å². The third-order valence-electron chi connectivity index (χ3n) is 2.94. The van der Waals surface area contributed by atoms with E-state index in [0.29, 0.717) is 6.04 Å². The van der Waals surface area contributed by atoms with Crippen LogP contribution in [0, 0.1) is 6.92 Å². The van der Waals surface area contributed by atoms with Crippen molar-refractivity contribution in [2.75, 3.05) is 7.05 Å². The summed E-state index contributed by atoms with van der Waals surface area (Å²) in [6.45, 7) is 2.06. The largest absolute Gasteiger partial charge is 0.313 e. The molecule has 0 saturated carbocycles. The van der Waals surface area contributed by atoms with E-state index >= 15 is 0 Å². The molecule has 1 heterocycles. The van der Waals surface area contributed by atoms with E-state index in [-0.39, 0.29) is 0 Å². The van der Waals surface area contributed by atoms with Crippen LogP contribution >= 0.6 is 0 Å². The van der Waals surface area contributed by atoms with Crippen LogP contribution in [0.3, 0.4) is 0 Å². The number of pyridine rings is 1. The van der Waals surface area contributed by atoms with Gasteiger partial charge in [-0.2, -0.15) is 0 Å². The third-order valence-corrected chi connectivity index (χ3v) is 2.94. The van der Waals surface area contributed by atoms with Crippen molar-refractivity contribution in [2.45, 2.75) is 19.4 Å². The molecule has 0 aliphatic rings. The zero-order chi connectivity index (χ0) is 12.1. The highest BCUT2D eigenvalue weighted by atomic mass is 14.9. The molecule has 0 aliphatic carbocycles. The summed E-state index contributed by atoms with van der Waals surface area (Å²) in [5, 5.41) is 3.34. The molecule has 2 aromatic rings. The van der Waals surface area contributed by atoms with Crippen LogP contribution in [0.5, 0.6) is 0 Å². The van der Waals surface area contributed by atoms with E-state index < -0.39 is 0 Å². The maximum absolute atomic E-state index is 4.45. The van der Waals surface area contributed by atoms with Gasteiger partial charge >= 0.3 is 0 Å². The second-order valence-corrected chi connectivity index (χ2v) is 4.28. The van der Waals surface area contributed by atoms with E-state index in [0.717, 1.165) is 12.1 Å². The summed E-state index contributed by atoms with van der Waals surface area (Å²) in [7, 11) is 1.99. The lowest BCUT2D eigenvalue weighted by Gasteiger charge is -2.16. The zero-order valence-corrected chi connectivity index (χ0v) is 10.4. The van der Waals surface area contributed by atoms with Crippen LogP contribution in [-0.4, -0.2) is 12.0 Å². The highest BCUT2D eigenvalue weighted by Crippen LogP contribution is 2.16. The van der Waals surface area contributed by atoms with Crippen LogP contribution in [0.15, 0.2) is 48.7 Å². The predicted octanol–water partition coefficient (Wildman–Crippen LogP) is 2.89. The van der Waals surface area contributed by atoms with Gasteiger partial charge in [0, 0.05) is 24.4 Å². The van der Waals surface area contributed by atoms with Gasteiger partial charge < -0.3 is 5.32 Å². The fourth-order valence-electron chi connectivity index (χ4n) is 1.90. The minimum Gasteiger partial charge on any atom is -0.313 e. The van der Waals surface area contributed by atoms with Crippen LogP contribution in [0.1, 0.15) is 22.9 Å². The average molecular weight is 226 g/mol. The Balaban J connectivity index is 2.13. The van der Waals surface area contributed by atoms with Gasteiger partial charge in [-0.1, -0.05) is 36.4 Å². The van der Waals surface area contributed by atoms with Gasteiger partial charge in [-0.05, 0) is 31.2 Å². The molecule has 1 unspecified atom stereocenters. The summed E-state index contributed by atoms with van der Waals surface area (Å²) < 4.78 is 0. The Bertz CT molecular complexity index is 448. The van der Waals surface area contributed by atoms with Crippen molar-refractivity contribution >= 4 is 0 Å². The van der Waals surface area contributed by atoms with Crippen molar-refractivity contribution in [3.05, 3.63) is 65.5 Å². The molecule has 0 amide bonds. The molecule has 1 aromatic heterocycles. The highest BCUT2D eigenvalue weighted by molar-refractivity contribution is 5.21. The Kier molecular flexibility index (Phi) is 3.89. The Labute approximate surface area is 103 Å². The molecule has 0 fully saturated rings. The summed E-state index contributed by atoms with van der Waals surface area (Å²) in [5.41, 5.74) is 3.63. The smallest absolute Gasteiger partial charge is 0.0422 e. The average Bonchev–Trinajstić information content (AvgIpc) is 2.39. The third kappa shape index (κ3) is 3.14. The molecule has 0 radical (unpaired) electrons. The normalized spacial score (nSPS) is 12.4. The molecule has 1 N–H and O–H groups in total. The van der Waals surface area contributed by atoms with E-state index in [2.05, 4.69) is 53.6 Å². The van der Waals surface area contributed by atoms with E-state index in [1.54, 1.807) is 0 Å². The molecule has 17 heavy (non-hydrogen) atoms. The van der Waals surface area contributed by atoms with Crippen molar-refractivity contribution in [1.29, 1.82) is 0 Å². The van der Waals surface area contributed by atoms with E-state index in [4.69, 9.17) is 0 Å². The molecule has 2 nitrogen and oxygen atoms in total. The van der Waals surface area contributed by atoms with Gasteiger partial charge in [0.25, 0.3) is 0 Å². The Morgan fingerprint density at radius 2 is 1.88 bits per heavy atom. The molecule has 1 atom stereocenters. The lowest BCUT2D eigenvalue weighted by Crippen LogP contribution is -2.19. The van der Waals surface area contributed by atoms with E-state index in [1.807, 2.05) is 19.3 Å². The second-order valence-electron chi connectivity index (χ2n) is 4.28. The minimum atomic E-state index is 0.325. The number of nitrogens with one attached hydrogen (secondary N) is 1. The number of nitrogens with zero attached hydrogens (tertiary/aromatic N) is 1. The Morgan fingerprint density at radius 1 is 1.12 bits per heavy atom. The maximum Gasteiger partial charge on any atom is 0.0422 e. The van der Waals surface area contributed by atoms with Crippen LogP contribution < -0.4 is 5.32 Å². The number of benzene rings is 1. The van der Waals surface area contributed by atoms with Crippen molar-refractivity contribution in [3.63, 3.8) is 0 Å². The Morgan fingerprint density at radius 3 is 2.47 bits per heavy atom. The minimum absolute atomic E-state index is 0.325. The number of rotatable bonds is 4. The van der Waals surface area contributed by atoms with Crippen molar-refractivity contribution in [3.8, 4) is 0 Å². The van der Waals surface area contributed by atoms with Crippen LogP contribution in [-0.2, 0) is 6.42 Å². The highest BCUT2D eigenvalue weighted by Gasteiger charge is 2.09. The summed E-state index contributed by atoms with van der Waals surface area (Å²) in [5.74, 6) is 0. The van der Waals surface area contributed by atoms with Crippen LogP contribution in [0.2, 0.25) is 0 Å². The van der Waals surface area contributed by atoms with Crippen molar-refractivity contribution < 1.29 is 0 Å². The molecule has 1 aromatic carbocycles. The first-order valence-electron chi connectivity index (χ1n) is 5.93. The SMILES string of the molecule is CNC(Cc1ccc(C)cn1)c1ccccc1. The molecule has 0 aliphatic heterocycles. The molecular weight excluding hydrogens is 208 g/mol. The van der Waals surface area contributed by atoms with Gasteiger partial charge in [0.1, 0.15) is 0 Å². The maximum atomic E-state index is 4.45. The van der Waals surface area contributed by atoms with Gasteiger partial charge in [-0.15, -0.1) is 0 Å². The predicted molar refractivity (Wildman–Crippen MR) is 70.9 cm³/mol. The molecule has 0 bridgehead atoms. The lowest BCUT2D eigenvalue weighted by atomic mass is 10.0. The Hall–Kier alpha value is -1.67. The van der Waals surface area contributed by atoms with Gasteiger partial charge in [-0.25, -0.2) is 0 Å². The van der Waals surface area contributed by atoms with Gasteiger partial charge in [0.15, 0.2) is 0 Å².